The second-order valence-corrected chi connectivity index (χ2v) is 2.84. The van der Waals surface area contributed by atoms with Gasteiger partial charge >= 0.3 is 0 Å². The highest BCUT2D eigenvalue weighted by Crippen LogP contribution is 2.32. The van der Waals surface area contributed by atoms with Crippen molar-refractivity contribution in [2.45, 2.75) is 24.8 Å². The molecule has 1 rings (SSSR count). The molecule has 1 aliphatic rings. The van der Waals surface area contributed by atoms with Crippen LogP contribution in [0.5, 0.6) is 0 Å². The van der Waals surface area contributed by atoms with Crippen molar-refractivity contribution < 1.29 is 20.1 Å². The molecule has 0 aliphatic carbocycles. The van der Waals surface area contributed by atoms with Gasteiger partial charge in [0.15, 0.2) is 5.79 Å². The Labute approximate surface area is 66.2 Å². The van der Waals surface area contributed by atoms with Gasteiger partial charge in [-0.25, -0.2) is 0 Å². The van der Waals surface area contributed by atoms with Crippen LogP contribution in [0.2, 0.25) is 0 Å². The van der Waals surface area contributed by atoms with Gasteiger partial charge in [-0.3, -0.25) is 0 Å². The fourth-order valence-electron chi connectivity index (χ4n) is 1.12. The van der Waals surface area contributed by atoms with Gasteiger partial charge in [0.1, 0.15) is 14.0 Å². The summed E-state index contributed by atoms with van der Waals surface area (Å²) in [6, 6.07) is -0.720. The molecule has 11 heavy (non-hydrogen) atoms. The third-order valence-electron chi connectivity index (χ3n) is 2.12. The number of hydrogen-bond acceptors (Lipinski definition) is 4. The molecule has 1 heterocycles. The topological polar surface area (TPSA) is 69.9 Å². The molecule has 1 fully saturated rings. The highest BCUT2D eigenvalue weighted by atomic mass is 16.6. The fourth-order valence-corrected chi connectivity index (χ4v) is 1.12. The quantitative estimate of drug-likeness (QED) is 0.310. The van der Waals surface area contributed by atoms with Gasteiger partial charge in [-0.2, -0.15) is 0 Å². The van der Waals surface area contributed by atoms with E-state index in [2.05, 4.69) is 0 Å². The maximum Gasteiger partial charge on any atom is 0.196 e. The largest absolute Gasteiger partial charge is 0.393 e. The van der Waals surface area contributed by atoms with Gasteiger partial charge in [0.2, 0.25) is 0 Å². The number of aliphatic hydroxyl groups excluding tert-OH is 1. The van der Waals surface area contributed by atoms with Crippen LogP contribution >= 0.6 is 0 Å². The molecule has 0 aromatic carbocycles. The Morgan fingerprint density at radius 1 is 1.55 bits per heavy atom. The molecule has 0 unspecified atom stereocenters. The number of hydrogen-bond donors (Lipinski definition) is 3. The summed E-state index contributed by atoms with van der Waals surface area (Å²) in [4.78, 5) is 0. The molecule has 0 bridgehead atoms. The van der Waals surface area contributed by atoms with Crippen molar-refractivity contribution >= 4 is 7.85 Å². The molecule has 3 atom stereocenters. The maximum atomic E-state index is 9.28. The van der Waals surface area contributed by atoms with E-state index in [0.717, 1.165) is 0 Å². The van der Waals surface area contributed by atoms with Crippen LogP contribution in [0.1, 0.15) is 6.92 Å². The molecule has 0 amide bonds. The van der Waals surface area contributed by atoms with Gasteiger partial charge in [-0.1, -0.05) is 6.92 Å². The molecule has 5 heteroatoms. The standard InChI is InChI=1S/C6H11BO4/c1-3-5(7)11-4(2-8)6(3,9)10/h3-5,8-10H,2H2,1H3/t3-,4+,5+/m0/s1. The Morgan fingerprint density at radius 2 is 2.09 bits per heavy atom. The van der Waals surface area contributed by atoms with Crippen molar-refractivity contribution in [2.24, 2.45) is 5.92 Å². The summed E-state index contributed by atoms with van der Waals surface area (Å²) in [6.07, 6.45) is -0.993. The molecular formula is C6H11BO4. The summed E-state index contributed by atoms with van der Waals surface area (Å²) in [5, 5.41) is 27.2. The van der Waals surface area contributed by atoms with E-state index in [-0.39, 0.29) is 0 Å². The van der Waals surface area contributed by atoms with Crippen molar-refractivity contribution in [3.8, 4) is 0 Å². The predicted octanol–water partition coefficient (Wildman–Crippen LogP) is -1.81. The lowest BCUT2D eigenvalue weighted by Crippen LogP contribution is -2.44. The SMILES string of the molecule is [B][C@@H]1O[C@H](CO)C(O)(O)[C@H]1C. The number of aliphatic hydroxyl groups is 3. The zero-order valence-corrected chi connectivity index (χ0v) is 6.27. The third kappa shape index (κ3) is 1.29. The molecule has 4 nitrogen and oxygen atoms in total. The van der Waals surface area contributed by atoms with Crippen molar-refractivity contribution in [3.05, 3.63) is 0 Å². The van der Waals surface area contributed by atoms with Crippen LogP contribution in [0, 0.1) is 5.92 Å². The van der Waals surface area contributed by atoms with Gasteiger partial charge in [0.25, 0.3) is 0 Å². The lowest BCUT2D eigenvalue weighted by atomic mass is 9.84. The van der Waals surface area contributed by atoms with Crippen LogP contribution in [-0.2, 0) is 4.74 Å². The molecule has 2 radical (unpaired) electrons. The summed E-state index contributed by atoms with van der Waals surface area (Å²) in [5.41, 5.74) is 0. The first-order valence-corrected chi connectivity index (χ1v) is 3.46. The van der Waals surface area contributed by atoms with E-state index in [0.29, 0.717) is 0 Å². The van der Waals surface area contributed by atoms with Crippen LogP contribution in [0.15, 0.2) is 0 Å². The molecule has 0 aromatic heterocycles. The van der Waals surface area contributed by atoms with Gasteiger partial charge < -0.3 is 20.1 Å². The second-order valence-electron chi connectivity index (χ2n) is 2.84. The Balaban J connectivity index is 2.74. The Bertz CT molecular complexity index is 150. The summed E-state index contributed by atoms with van der Waals surface area (Å²) in [6.45, 7) is 1.12. The normalized spacial score (nSPS) is 42.7. The summed E-state index contributed by atoms with van der Waals surface area (Å²) < 4.78 is 4.87. The molecule has 0 spiro atoms. The van der Waals surface area contributed by atoms with Crippen LogP contribution in [0.3, 0.4) is 0 Å². The molecule has 3 N–H and O–H groups in total. The summed E-state index contributed by atoms with van der Waals surface area (Å²) >= 11 is 0. The van der Waals surface area contributed by atoms with E-state index >= 15 is 0 Å². The average Bonchev–Trinajstić information content (AvgIpc) is 2.13. The summed E-state index contributed by atoms with van der Waals surface area (Å²) in [7, 11) is 5.37. The molecule has 1 aliphatic heterocycles. The lowest BCUT2D eigenvalue weighted by Gasteiger charge is -2.24. The van der Waals surface area contributed by atoms with E-state index < -0.39 is 30.4 Å². The molecule has 0 saturated carbocycles. The minimum atomic E-state index is -2.01. The Morgan fingerprint density at radius 3 is 2.27 bits per heavy atom. The first kappa shape index (κ1) is 9.00. The van der Waals surface area contributed by atoms with Crippen LogP contribution in [0.4, 0.5) is 0 Å². The highest BCUT2D eigenvalue weighted by Gasteiger charge is 2.49. The van der Waals surface area contributed by atoms with Crippen molar-refractivity contribution in [2.75, 3.05) is 6.61 Å². The smallest absolute Gasteiger partial charge is 0.196 e. The predicted molar refractivity (Wildman–Crippen MR) is 37.8 cm³/mol. The molecule has 1 saturated heterocycles. The first-order chi connectivity index (χ1) is 5.00. The van der Waals surface area contributed by atoms with Crippen molar-refractivity contribution in [3.63, 3.8) is 0 Å². The Kier molecular flexibility index (Phi) is 2.25. The highest BCUT2D eigenvalue weighted by molar-refractivity contribution is 6.11. The van der Waals surface area contributed by atoms with Crippen LogP contribution < -0.4 is 0 Å². The van der Waals surface area contributed by atoms with Gasteiger partial charge in [-0.05, 0) is 0 Å². The van der Waals surface area contributed by atoms with Gasteiger partial charge in [0, 0.05) is 11.9 Å². The summed E-state index contributed by atoms with van der Waals surface area (Å²) in [5.74, 6) is -2.59. The fraction of sp³-hybridized carbons (Fsp3) is 1.00. The minimum Gasteiger partial charge on any atom is -0.393 e. The van der Waals surface area contributed by atoms with E-state index in [1.807, 2.05) is 0 Å². The minimum absolute atomic E-state index is 0.439. The number of ether oxygens (including phenoxy) is 1. The molecular weight excluding hydrogens is 147 g/mol. The average molecular weight is 158 g/mol. The lowest BCUT2D eigenvalue weighted by molar-refractivity contribution is -0.217. The van der Waals surface area contributed by atoms with E-state index in [1.54, 1.807) is 6.92 Å². The zero-order chi connectivity index (χ0) is 8.65. The zero-order valence-electron chi connectivity index (χ0n) is 6.27. The second kappa shape index (κ2) is 2.75. The third-order valence-corrected chi connectivity index (χ3v) is 2.12. The monoisotopic (exact) mass is 158 g/mol. The van der Waals surface area contributed by atoms with E-state index in [4.69, 9.17) is 17.7 Å². The van der Waals surface area contributed by atoms with Crippen LogP contribution in [-0.4, -0.2) is 47.7 Å². The maximum absolute atomic E-state index is 9.28. The van der Waals surface area contributed by atoms with Crippen LogP contribution in [0.25, 0.3) is 0 Å². The Hall–Kier alpha value is -0.0951. The van der Waals surface area contributed by atoms with Gasteiger partial charge in [0.05, 0.1) is 6.61 Å². The molecule has 62 valence electrons. The molecule has 0 aromatic rings. The van der Waals surface area contributed by atoms with Crippen molar-refractivity contribution in [1.82, 2.24) is 0 Å². The van der Waals surface area contributed by atoms with E-state index in [9.17, 15) is 10.2 Å². The first-order valence-electron chi connectivity index (χ1n) is 3.46. The number of rotatable bonds is 1. The van der Waals surface area contributed by atoms with E-state index in [1.165, 1.54) is 0 Å². The van der Waals surface area contributed by atoms with Crippen molar-refractivity contribution in [1.29, 1.82) is 0 Å². The van der Waals surface area contributed by atoms with Gasteiger partial charge in [-0.15, -0.1) is 0 Å².